The first-order valence-electron chi connectivity index (χ1n) is 9.23. The molecule has 4 rings (SSSR count). The van der Waals surface area contributed by atoms with E-state index in [0.29, 0.717) is 13.1 Å². The smallest absolute Gasteiger partial charge is 0.318 e. The lowest BCUT2D eigenvalue weighted by atomic mass is 10.1. The molecule has 1 atom stereocenters. The van der Waals surface area contributed by atoms with Crippen molar-refractivity contribution < 1.29 is 4.79 Å². The van der Waals surface area contributed by atoms with Crippen LogP contribution in [0.25, 0.3) is 5.65 Å². The highest BCUT2D eigenvalue weighted by molar-refractivity contribution is 5.75. The van der Waals surface area contributed by atoms with Gasteiger partial charge in [-0.2, -0.15) is 5.10 Å². The van der Waals surface area contributed by atoms with E-state index in [1.807, 2.05) is 42.7 Å². The Morgan fingerprint density at radius 3 is 2.78 bits per heavy atom. The number of fused-ring (bicyclic) bond motifs is 1. The van der Waals surface area contributed by atoms with Crippen molar-refractivity contribution in [2.75, 3.05) is 31.1 Å². The van der Waals surface area contributed by atoms with E-state index in [-0.39, 0.29) is 12.1 Å². The Kier molecular flexibility index (Phi) is 4.66. The van der Waals surface area contributed by atoms with Crippen LogP contribution in [0.4, 0.5) is 10.6 Å². The van der Waals surface area contributed by atoms with Gasteiger partial charge in [-0.1, -0.05) is 6.92 Å². The Labute approximate surface area is 157 Å². The van der Waals surface area contributed by atoms with Crippen LogP contribution in [0.15, 0.2) is 36.9 Å². The summed E-state index contributed by atoms with van der Waals surface area (Å²) in [6.07, 6.45) is 8.16. The Morgan fingerprint density at radius 2 is 2.07 bits per heavy atom. The topological polar surface area (TPSA) is 83.6 Å². The molecule has 2 amide bonds. The van der Waals surface area contributed by atoms with Crippen molar-refractivity contribution in [3.8, 4) is 0 Å². The van der Waals surface area contributed by atoms with Crippen molar-refractivity contribution in [3.05, 3.63) is 42.5 Å². The highest BCUT2D eigenvalue weighted by atomic mass is 16.2. The van der Waals surface area contributed by atoms with Crippen molar-refractivity contribution in [2.24, 2.45) is 7.05 Å². The van der Waals surface area contributed by atoms with Crippen LogP contribution in [0.5, 0.6) is 0 Å². The second-order valence-electron chi connectivity index (χ2n) is 6.75. The fraction of sp³-hybridized carbons (Fsp3) is 0.444. The van der Waals surface area contributed by atoms with Crippen LogP contribution in [-0.4, -0.2) is 61.5 Å². The molecule has 0 aliphatic carbocycles. The maximum absolute atomic E-state index is 12.7. The molecule has 0 bridgehead atoms. The quantitative estimate of drug-likeness (QED) is 0.753. The number of hydrogen-bond donors (Lipinski definition) is 1. The zero-order chi connectivity index (χ0) is 18.8. The normalized spacial score (nSPS) is 15.9. The summed E-state index contributed by atoms with van der Waals surface area (Å²) in [7, 11) is 1.88. The molecule has 1 fully saturated rings. The summed E-state index contributed by atoms with van der Waals surface area (Å²) in [4.78, 5) is 21.0. The van der Waals surface area contributed by atoms with Gasteiger partial charge in [0.1, 0.15) is 5.82 Å². The van der Waals surface area contributed by atoms with Gasteiger partial charge in [0, 0.05) is 57.4 Å². The highest BCUT2D eigenvalue weighted by Crippen LogP contribution is 2.17. The third-order valence-corrected chi connectivity index (χ3v) is 4.97. The van der Waals surface area contributed by atoms with Gasteiger partial charge in [-0.05, 0) is 18.6 Å². The molecule has 3 aromatic rings. The van der Waals surface area contributed by atoms with E-state index < -0.39 is 0 Å². The van der Waals surface area contributed by atoms with Crippen molar-refractivity contribution >= 4 is 17.5 Å². The van der Waals surface area contributed by atoms with Crippen LogP contribution >= 0.6 is 0 Å². The van der Waals surface area contributed by atoms with Gasteiger partial charge in [0.05, 0.1) is 12.2 Å². The van der Waals surface area contributed by atoms with Gasteiger partial charge < -0.3 is 15.1 Å². The maximum Gasteiger partial charge on any atom is 0.318 e. The number of hydrogen-bond acceptors (Lipinski definition) is 5. The van der Waals surface area contributed by atoms with Gasteiger partial charge in [0.25, 0.3) is 0 Å². The lowest BCUT2D eigenvalue weighted by Gasteiger charge is -2.36. The van der Waals surface area contributed by atoms with E-state index in [4.69, 9.17) is 0 Å². The Bertz CT molecular complexity index is 924. The largest absolute Gasteiger partial charge is 0.352 e. The molecule has 3 aromatic heterocycles. The SMILES string of the molecule is CCC(NC(=O)N1CCN(c2ccc3nccn3n2)CC1)c1cnn(C)c1. The number of carbonyl (C=O) groups is 1. The minimum Gasteiger partial charge on any atom is -0.352 e. The first-order chi connectivity index (χ1) is 13.1. The first kappa shape index (κ1) is 17.3. The first-order valence-corrected chi connectivity index (χ1v) is 9.23. The third kappa shape index (κ3) is 3.57. The second-order valence-corrected chi connectivity index (χ2v) is 6.75. The molecule has 0 radical (unpaired) electrons. The van der Waals surface area contributed by atoms with E-state index >= 15 is 0 Å². The summed E-state index contributed by atoms with van der Waals surface area (Å²) in [5.41, 5.74) is 1.86. The number of aromatic nitrogens is 5. The fourth-order valence-electron chi connectivity index (χ4n) is 3.39. The minimum absolute atomic E-state index is 0.0189. The van der Waals surface area contributed by atoms with Crippen LogP contribution in [0.2, 0.25) is 0 Å². The zero-order valence-electron chi connectivity index (χ0n) is 15.6. The number of amides is 2. The Morgan fingerprint density at radius 1 is 1.26 bits per heavy atom. The molecule has 0 spiro atoms. The number of urea groups is 1. The van der Waals surface area contributed by atoms with Crippen LogP contribution < -0.4 is 10.2 Å². The Hall–Kier alpha value is -3.10. The summed E-state index contributed by atoms with van der Waals surface area (Å²) in [5.74, 6) is 0.905. The van der Waals surface area contributed by atoms with Gasteiger partial charge in [0.2, 0.25) is 0 Å². The second kappa shape index (κ2) is 7.26. The zero-order valence-corrected chi connectivity index (χ0v) is 15.6. The number of aryl methyl sites for hydroxylation is 1. The monoisotopic (exact) mass is 368 g/mol. The standard InChI is InChI=1S/C18H24N8O/c1-3-15(14-12-20-23(2)13-14)21-18(27)25-10-8-24(9-11-25)17-5-4-16-19-6-7-26(16)22-17/h4-7,12-13,15H,3,8-11H2,1-2H3,(H,21,27). The van der Waals surface area contributed by atoms with E-state index in [1.54, 1.807) is 15.4 Å². The molecule has 9 nitrogen and oxygen atoms in total. The summed E-state index contributed by atoms with van der Waals surface area (Å²) >= 11 is 0. The Balaban J connectivity index is 1.36. The summed E-state index contributed by atoms with van der Waals surface area (Å²) < 4.78 is 3.53. The molecule has 142 valence electrons. The van der Waals surface area contributed by atoms with Crippen LogP contribution in [-0.2, 0) is 7.05 Å². The van der Waals surface area contributed by atoms with E-state index in [2.05, 4.69) is 32.3 Å². The summed E-state index contributed by atoms with van der Waals surface area (Å²) in [6.45, 7) is 4.90. The molecule has 0 saturated carbocycles. The van der Waals surface area contributed by atoms with Crippen molar-refractivity contribution in [1.82, 2.24) is 34.6 Å². The average molecular weight is 368 g/mol. The molecular weight excluding hydrogens is 344 g/mol. The predicted molar refractivity (Wildman–Crippen MR) is 102 cm³/mol. The van der Waals surface area contributed by atoms with Gasteiger partial charge >= 0.3 is 6.03 Å². The van der Waals surface area contributed by atoms with Crippen LogP contribution in [0.1, 0.15) is 24.9 Å². The van der Waals surface area contributed by atoms with Gasteiger partial charge in [-0.15, -0.1) is 5.10 Å². The molecular formula is C18H24N8O. The molecule has 1 N–H and O–H groups in total. The predicted octanol–water partition coefficient (Wildman–Crippen LogP) is 1.45. The fourth-order valence-corrected chi connectivity index (χ4v) is 3.39. The number of anilines is 1. The number of imidazole rings is 1. The number of nitrogens with one attached hydrogen (secondary N) is 1. The third-order valence-electron chi connectivity index (χ3n) is 4.97. The van der Waals surface area contributed by atoms with Crippen molar-refractivity contribution in [2.45, 2.75) is 19.4 Å². The number of carbonyl (C=O) groups excluding carboxylic acids is 1. The number of nitrogens with zero attached hydrogens (tertiary/aromatic N) is 7. The summed E-state index contributed by atoms with van der Waals surface area (Å²) in [6, 6.07) is 3.90. The molecule has 27 heavy (non-hydrogen) atoms. The van der Waals surface area contributed by atoms with Crippen molar-refractivity contribution in [1.29, 1.82) is 0 Å². The molecule has 0 aromatic carbocycles. The van der Waals surface area contributed by atoms with Crippen LogP contribution in [0.3, 0.4) is 0 Å². The molecule has 1 aliphatic heterocycles. The minimum atomic E-state index is -0.0247. The number of rotatable bonds is 4. The lowest BCUT2D eigenvalue weighted by Crippen LogP contribution is -2.52. The van der Waals surface area contributed by atoms with Gasteiger partial charge in [-0.3, -0.25) is 4.68 Å². The molecule has 1 unspecified atom stereocenters. The highest BCUT2D eigenvalue weighted by Gasteiger charge is 2.24. The van der Waals surface area contributed by atoms with E-state index in [0.717, 1.165) is 36.5 Å². The van der Waals surface area contributed by atoms with Gasteiger partial charge in [0.15, 0.2) is 5.65 Å². The summed E-state index contributed by atoms with van der Waals surface area (Å²) in [5, 5.41) is 11.9. The van der Waals surface area contributed by atoms with E-state index in [9.17, 15) is 4.79 Å². The molecule has 1 aliphatic rings. The van der Waals surface area contributed by atoms with Crippen LogP contribution in [0, 0.1) is 0 Å². The van der Waals surface area contributed by atoms with Crippen molar-refractivity contribution in [3.63, 3.8) is 0 Å². The molecule has 1 saturated heterocycles. The average Bonchev–Trinajstić information content (AvgIpc) is 3.34. The van der Waals surface area contributed by atoms with Gasteiger partial charge in [-0.25, -0.2) is 14.3 Å². The molecule has 4 heterocycles. The maximum atomic E-state index is 12.7. The number of piperazine rings is 1. The van der Waals surface area contributed by atoms with E-state index in [1.165, 1.54) is 0 Å². The lowest BCUT2D eigenvalue weighted by molar-refractivity contribution is 0.189. The molecule has 9 heteroatoms.